The lowest BCUT2D eigenvalue weighted by molar-refractivity contribution is -0.137. The fourth-order valence-electron chi connectivity index (χ4n) is 4.89. The highest BCUT2D eigenvalue weighted by Crippen LogP contribution is 2.32. The smallest absolute Gasteiger partial charge is 0.324 e. The molecule has 5 atom stereocenters. The number of rotatable bonds is 11. The van der Waals surface area contributed by atoms with E-state index in [1.54, 1.807) is 5.01 Å². The van der Waals surface area contributed by atoms with E-state index in [4.69, 9.17) is 10.5 Å². The molecule has 0 bridgehead atoms. The van der Waals surface area contributed by atoms with Crippen molar-refractivity contribution in [2.45, 2.75) is 50.5 Å². The molecule has 1 fully saturated rings. The molecule has 7 nitrogen and oxygen atoms in total. The number of carboxylic acids is 1. The maximum absolute atomic E-state index is 11.9. The van der Waals surface area contributed by atoms with Crippen LogP contribution in [0.3, 0.4) is 0 Å². The molecule has 1 aliphatic rings. The molecule has 0 spiro atoms. The van der Waals surface area contributed by atoms with E-state index in [9.17, 15) is 9.90 Å². The second-order valence-electron chi connectivity index (χ2n) is 9.54. The third-order valence-corrected chi connectivity index (χ3v) is 6.89. The lowest BCUT2D eigenvalue weighted by Crippen LogP contribution is -2.43. The molecule has 3 aromatic carbocycles. The maximum atomic E-state index is 11.9. The summed E-state index contributed by atoms with van der Waals surface area (Å²) < 4.78 is 5.97. The van der Waals surface area contributed by atoms with Gasteiger partial charge in [0.25, 0.3) is 0 Å². The second kappa shape index (κ2) is 10.5. The van der Waals surface area contributed by atoms with Crippen LogP contribution in [0.25, 0.3) is 10.9 Å². The number of hydrogen-bond acceptors (Lipinski definition) is 5. The normalized spacial score (nSPS) is 20.7. The Bertz CT molecular complexity index is 1320. The zero-order valence-electron chi connectivity index (χ0n) is 20.3. The Balaban J connectivity index is 1.17. The van der Waals surface area contributed by atoms with Crippen LogP contribution in [0.1, 0.15) is 36.0 Å². The summed E-state index contributed by atoms with van der Waals surface area (Å²) in [6.07, 6.45) is 2.89. The Labute approximate surface area is 210 Å². The molecule has 5 rings (SSSR count). The summed E-state index contributed by atoms with van der Waals surface area (Å²) >= 11 is 0. The summed E-state index contributed by atoms with van der Waals surface area (Å²) in [7, 11) is 0. The van der Waals surface area contributed by atoms with E-state index in [-0.39, 0.29) is 18.1 Å². The third-order valence-electron chi connectivity index (χ3n) is 6.89. The topological polar surface area (TPSA) is 103 Å². The molecule has 5 N–H and O–H groups in total. The summed E-state index contributed by atoms with van der Waals surface area (Å²) in [5.74, 6) is 0.152. The van der Waals surface area contributed by atoms with Crippen molar-refractivity contribution in [2.75, 3.05) is 0 Å². The van der Waals surface area contributed by atoms with E-state index in [1.807, 2.05) is 66.9 Å². The van der Waals surface area contributed by atoms with Gasteiger partial charge in [0.05, 0.1) is 12.2 Å². The highest BCUT2D eigenvalue weighted by molar-refractivity contribution is 5.84. The first-order valence-electron chi connectivity index (χ1n) is 12.3. The molecule has 36 heavy (non-hydrogen) atoms. The van der Waals surface area contributed by atoms with Crippen molar-refractivity contribution < 1.29 is 14.6 Å². The summed E-state index contributed by atoms with van der Waals surface area (Å²) in [4.78, 5) is 15.1. The van der Waals surface area contributed by atoms with Crippen molar-refractivity contribution in [1.82, 2.24) is 15.4 Å². The molecular weight excluding hydrogens is 452 g/mol. The van der Waals surface area contributed by atoms with Crippen LogP contribution in [0.5, 0.6) is 5.75 Å². The van der Waals surface area contributed by atoms with E-state index < -0.39 is 12.0 Å². The highest BCUT2D eigenvalue weighted by Gasteiger charge is 2.53. The molecular formula is C29H32N4O3. The van der Waals surface area contributed by atoms with Crippen LogP contribution in [0.2, 0.25) is 0 Å². The van der Waals surface area contributed by atoms with Gasteiger partial charge >= 0.3 is 5.97 Å². The minimum Gasteiger partial charge on any atom is -0.489 e. The monoisotopic (exact) mass is 484 g/mol. The van der Waals surface area contributed by atoms with Gasteiger partial charge in [0.1, 0.15) is 18.4 Å². The van der Waals surface area contributed by atoms with Crippen LogP contribution < -0.4 is 15.9 Å². The number of hydrogen-bond donors (Lipinski definition) is 4. The van der Waals surface area contributed by atoms with E-state index in [1.165, 1.54) is 0 Å². The maximum Gasteiger partial charge on any atom is 0.324 e. The largest absolute Gasteiger partial charge is 0.489 e. The first-order chi connectivity index (χ1) is 17.5. The van der Waals surface area contributed by atoms with Gasteiger partial charge in [0, 0.05) is 17.1 Å². The Kier molecular flexibility index (Phi) is 7.04. The number of aromatic amines is 1. The van der Waals surface area contributed by atoms with Gasteiger partial charge in [-0.3, -0.25) is 4.79 Å². The SMILES string of the molecule is CC(CC(N)NN1[C@H](C(=O)O)[C@@H]1Cc1c[nH]c2ccccc12)c1cccc(OCc2ccccc2)c1. The average Bonchev–Trinajstić information content (AvgIpc) is 3.40. The van der Waals surface area contributed by atoms with Gasteiger partial charge in [-0.25, -0.2) is 10.4 Å². The quantitative estimate of drug-likeness (QED) is 0.186. The molecule has 186 valence electrons. The summed E-state index contributed by atoms with van der Waals surface area (Å²) in [5, 5.41) is 12.6. The van der Waals surface area contributed by atoms with Crippen LogP contribution in [0, 0.1) is 0 Å². The summed E-state index contributed by atoms with van der Waals surface area (Å²) in [6, 6.07) is 25.5. The van der Waals surface area contributed by atoms with Gasteiger partial charge in [0.15, 0.2) is 0 Å². The van der Waals surface area contributed by atoms with Gasteiger partial charge in [-0.15, -0.1) is 0 Å². The van der Waals surface area contributed by atoms with E-state index in [0.717, 1.165) is 33.3 Å². The zero-order chi connectivity index (χ0) is 25.1. The fourth-order valence-corrected chi connectivity index (χ4v) is 4.89. The van der Waals surface area contributed by atoms with Crippen molar-refractivity contribution in [1.29, 1.82) is 0 Å². The first-order valence-corrected chi connectivity index (χ1v) is 12.3. The number of hydrazine groups is 1. The summed E-state index contributed by atoms with van der Waals surface area (Å²) in [5.41, 5.74) is 14.1. The molecule has 7 heteroatoms. The number of aliphatic carboxylic acids is 1. The number of nitrogens with two attached hydrogens (primary N) is 1. The van der Waals surface area contributed by atoms with Crippen LogP contribution >= 0.6 is 0 Å². The highest BCUT2D eigenvalue weighted by atomic mass is 16.5. The fraction of sp³-hybridized carbons (Fsp3) is 0.276. The molecule has 0 radical (unpaired) electrons. The number of fused-ring (bicyclic) bond motifs is 1. The Hall–Kier alpha value is -3.65. The zero-order valence-corrected chi connectivity index (χ0v) is 20.3. The van der Waals surface area contributed by atoms with Crippen molar-refractivity contribution in [2.24, 2.45) is 5.73 Å². The van der Waals surface area contributed by atoms with E-state index in [2.05, 4.69) is 35.5 Å². The number of ether oxygens (including phenoxy) is 1. The number of carboxylic acid groups (broad SMARTS) is 1. The standard InChI is InChI=1S/C29H32N4O3/c1-19(21-10-7-11-23(15-21)36-18-20-8-3-2-4-9-20)14-27(30)32-33-26(28(33)29(34)35)16-22-17-31-25-13-6-5-12-24(22)25/h2-13,15,17,19,26-28,31-32H,14,16,18,30H2,1H3,(H,34,35)/t19?,26-,27?,28-,33?/m0/s1. The number of carbonyl (C=O) groups is 1. The van der Waals surface area contributed by atoms with Crippen LogP contribution in [-0.2, 0) is 17.8 Å². The lowest BCUT2D eigenvalue weighted by Gasteiger charge is -2.20. The number of nitrogens with zero attached hydrogens (tertiary/aromatic N) is 1. The minimum atomic E-state index is -0.837. The molecule has 0 aliphatic carbocycles. The predicted octanol–water partition coefficient (Wildman–Crippen LogP) is 4.41. The number of aromatic nitrogens is 1. The minimum absolute atomic E-state index is 0.141. The van der Waals surface area contributed by atoms with Gasteiger partial charge in [-0.2, -0.15) is 0 Å². The molecule has 0 amide bonds. The Morgan fingerprint density at radius 3 is 2.69 bits per heavy atom. The van der Waals surface area contributed by atoms with Crippen molar-refractivity contribution in [3.63, 3.8) is 0 Å². The van der Waals surface area contributed by atoms with Crippen LogP contribution in [0.15, 0.2) is 85.1 Å². The molecule has 1 aliphatic heterocycles. The lowest BCUT2D eigenvalue weighted by atomic mass is 9.96. The number of para-hydroxylation sites is 1. The molecule has 0 saturated carbocycles. The molecule has 2 heterocycles. The van der Waals surface area contributed by atoms with Gasteiger partial charge in [-0.1, -0.05) is 67.6 Å². The van der Waals surface area contributed by atoms with Crippen molar-refractivity contribution in [3.05, 3.63) is 102 Å². The molecule has 3 unspecified atom stereocenters. The number of nitrogens with one attached hydrogen (secondary N) is 2. The predicted molar refractivity (Wildman–Crippen MR) is 140 cm³/mol. The number of H-pyrrole nitrogens is 1. The van der Waals surface area contributed by atoms with Gasteiger partial charge in [-0.05, 0) is 53.6 Å². The van der Waals surface area contributed by atoms with Gasteiger partial charge in [0.2, 0.25) is 0 Å². The Morgan fingerprint density at radius 2 is 1.89 bits per heavy atom. The van der Waals surface area contributed by atoms with Gasteiger partial charge < -0.3 is 20.6 Å². The molecule has 4 aromatic rings. The van der Waals surface area contributed by atoms with Crippen molar-refractivity contribution >= 4 is 16.9 Å². The third kappa shape index (κ3) is 5.44. The first kappa shape index (κ1) is 24.1. The van der Waals surface area contributed by atoms with E-state index >= 15 is 0 Å². The molecule has 1 aromatic heterocycles. The average molecular weight is 485 g/mol. The van der Waals surface area contributed by atoms with Crippen LogP contribution in [0.4, 0.5) is 0 Å². The van der Waals surface area contributed by atoms with Crippen molar-refractivity contribution in [3.8, 4) is 5.75 Å². The molecule has 1 saturated heterocycles. The number of benzene rings is 3. The van der Waals surface area contributed by atoms with Crippen LogP contribution in [-0.4, -0.2) is 39.3 Å². The second-order valence-corrected chi connectivity index (χ2v) is 9.54. The Morgan fingerprint density at radius 1 is 1.11 bits per heavy atom. The van der Waals surface area contributed by atoms with E-state index in [0.29, 0.717) is 19.4 Å². The summed E-state index contributed by atoms with van der Waals surface area (Å²) in [6.45, 7) is 2.64.